The van der Waals surface area contributed by atoms with Crippen LogP contribution in [0.25, 0.3) is 0 Å². The zero-order valence-corrected chi connectivity index (χ0v) is 11.9. The molecule has 124 valence electrons. The number of aromatic hydroxyl groups is 2. The van der Waals surface area contributed by atoms with Gasteiger partial charge < -0.3 is 35.0 Å². The number of Topliss-reactive ketones (excluding diaryl/α,β-unsaturated/α-hetero) is 1. The van der Waals surface area contributed by atoms with Gasteiger partial charge in [0.05, 0.1) is 38.6 Å². The number of carbonyl (C=O) groups is 1. The van der Waals surface area contributed by atoms with Crippen molar-refractivity contribution < 1.29 is 39.8 Å². The predicted octanol–water partition coefficient (Wildman–Crippen LogP) is -0.668. The van der Waals surface area contributed by atoms with Crippen LogP contribution in [0.15, 0.2) is 12.1 Å². The predicted molar refractivity (Wildman–Crippen MR) is 74.9 cm³/mol. The van der Waals surface area contributed by atoms with E-state index in [1.165, 1.54) is 0 Å². The van der Waals surface area contributed by atoms with E-state index < -0.39 is 24.2 Å². The van der Waals surface area contributed by atoms with E-state index in [2.05, 4.69) is 0 Å². The van der Waals surface area contributed by atoms with E-state index in [0.717, 1.165) is 12.1 Å². The number of benzene rings is 1. The quantitative estimate of drug-likeness (QED) is 0.218. The van der Waals surface area contributed by atoms with Crippen LogP contribution in [0.2, 0.25) is 0 Å². The molecule has 0 fully saturated rings. The Bertz CT molecular complexity index is 488. The Kier molecular flexibility index (Phi) is 7.78. The van der Waals surface area contributed by atoms with Crippen LogP contribution in [0.4, 0.5) is 0 Å². The molecule has 1 unspecified atom stereocenters. The third-order valence-electron chi connectivity index (χ3n) is 2.79. The second-order valence-corrected chi connectivity index (χ2v) is 4.41. The number of carbonyl (C=O) groups excluding carboxylic acids is 1. The Morgan fingerprint density at radius 1 is 1.05 bits per heavy atom. The fourth-order valence-corrected chi connectivity index (χ4v) is 1.87. The van der Waals surface area contributed by atoms with Crippen LogP contribution >= 0.6 is 0 Å². The van der Waals surface area contributed by atoms with E-state index in [4.69, 9.17) is 19.7 Å². The van der Waals surface area contributed by atoms with Crippen molar-refractivity contribution in [3.8, 4) is 11.5 Å². The van der Waals surface area contributed by atoms with Gasteiger partial charge in [-0.25, -0.2) is 0 Å². The summed E-state index contributed by atoms with van der Waals surface area (Å²) in [6, 6.07) is 2.27. The first-order valence-corrected chi connectivity index (χ1v) is 6.66. The summed E-state index contributed by atoms with van der Waals surface area (Å²) in [5.74, 6) is -1.44. The van der Waals surface area contributed by atoms with Gasteiger partial charge in [0.2, 0.25) is 0 Å². The minimum absolute atomic E-state index is 0.0144. The first kappa shape index (κ1) is 18.3. The highest BCUT2D eigenvalue weighted by Crippen LogP contribution is 2.34. The lowest BCUT2D eigenvalue weighted by Gasteiger charge is -2.17. The van der Waals surface area contributed by atoms with Gasteiger partial charge in [0.25, 0.3) is 0 Å². The topological polar surface area (TPSA) is 137 Å². The van der Waals surface area contributed by atoms with E-state index in [1.807, 2.05) is 0 Å². The summed E-state index contributed by atoms with van der Waals surface area (Å²) in [5, 5.41) is 47.0. The van der Waals surface area contributed by atoms with Crippen molar-refractivity contribution in [2.45, 2.75) is 6.10 Å². The maximum atomic E-state index is 12.1. The number of phenolic OH excluding ortho intramolecular Hbond substituents is 2. The minimum Gasteiger partial charge on any atom is -0.508 e. The van der Waals surface area contributed by atoms with Crippen LogP contribution in [0, 0.1) is 0 Å². The largest absolute Gasteiger partial charge is 0.508 e. The van der Waals surface area contributed by atoms with Gasteiger partial charge in [0.1, 0.15) is 24.2 Å². The molecule has 0 heterocycles. The number of rotatable bonds is 10. The standard InChI is InChI=1S/C14H20O8/c15-3-5-21-7-11(19)13-9(17)1-2-10(18)14(13)12(20)8-22-6-4-16/h1-2,11,15-19H,3-8H2. The summed E-state index contributed by atoms with van der Waals surface area (Å²) in [6.45, 7) is -1.25. The van der Waals surface area contributed by atoms with Crippen molar-refractivity contribution in [3.05, 3.63) is 23.3 Å². The summed E-state index contributed by atoms with van der Waals surface area (Å²) in [4.78, 5) is 12.1. The summed E-state index contributed by atoms with van der Waals surface area (Å²) in [7, 11) is 0. The highest BCUT2D eigenvalue weighted by molar-refractivity contribution is 6.01. The van der Waals surface area contributed by atoms with E-state index in [9.17, 15) is 20.1 Å². The molecule has 1 atom stereocenters. The molecule has 22 heavy (non-hydrogen) atoms. The van der Waals surface area contributed by atoms with Gasteiger partial charge in [-0.15, -0.1) is 0 Å². The second-order valence-electron chi connectivity index (χ2n) is 4.41. The van der Waals surface area contributed by atoms with Gasteiger partial charge in [0.15, 0.2) is 5.78 Å². The molecular weight excluding hydrogens is 296 g/mol. The maximum absolute atomic E-state index is 12.1. The molecule has 0 amide bonds. The van der Waals surface area contributed by atoms with Crippen LogP contribution in [0.5, 0.6) is 11.5 Å². The summed E-state index contributed by atoms with van der Waals surface area (Å²) in [5.41, 5.74) is -0.437. The van der Waals surface area contributed by atoms with Crippen molar-refractivity contribution in [1.82, 2.24) is 0 Å². The highest BCUT2D eigenvalue weighted by atomic mass is 16.5. The van der Waals surface area contributed by atoms with E-state index in [1.54, 1.807) is 0 Å². The molecule has 0 saturated carbocycles. The van der Waals surface area contributed by atoms with Crippen molar-refractivity contribution in [3.63, 3.8) is 0 Å². The molecule has 0 radical (unpaired) electrons. The van der Waals surface area contributed by atoms with Crippen LogP contribution in [-0.2, 0) is 9.47 Å². The molecule has 0 bridgehead atoms. The normalized spacial score (nSPS) is 12.3. The van der Waals surface area contributed by atoms with Crippen molar-refractivity contribution in [2.24, 2.45) is 0 Å². The molecule has 0 aliphatic carbocycles. The van der Waals surface area contributed by atoms with Crippen LogP contribution in [0.1, 0.15) is 22.0 Å². The van der Waals surface area contributed by atoms with Gasteiger partial charge in [-0.3, -0.25) is 4.79 Å². The summed E-state index contributed by atoms with van der Waals surface area (Å²) in [6.07, 6.45) is -1.37. The number of ether oxygens (including phenoxy) is 2. The number of ketones is 1. The Morgan fingerprint density at radius 2 is 1.64 bits per heavy atom. The molecule has 0 aromatic heterocycles. The molecule has 8 heteroatoms. The highest BCUT2D eigenvalue weighted by Gasteiger charge is 2.25. The molecular formula is C14H20O8. The van der Waals surface area contributed by atoms with Gasteiger partial charge >= 0.3 is 0 Å². The van der Waals surface area contributed by atoms with E-state index >= 15 is 0 Å². The average Bonchev–Trinajstić information content (AvgIpc) is 2.49. The number of phenols is 2. The minimum atomic E-state index is -1.37. The number of hydrogen-bond acceptors (Lipinski definition) is 8. The summed E-state index contributed by atoms with van der Waals surface area (Å²) >= 11 is 0. The first-order valence-electron chi connectivity index (χ1n) is 6.66. The third-order valence-corrected chi connectivity index (χ3v) is 2.79. The van der Waals surface area contributed by atoms with Gasteiger partial charge in [-0.05, 0) is 12.1 Å². The lowest BCUT2D eigenvalue weighted by molar-refractivity contribution is 0.0190. The fraction of sp³-hybridized carbons (Fsp3) is 0.500. The molecule has 1 aromatic rings. The SMILES string of the molecule is O=C(COCCO)c1c(O)ccc(O)c1C(O)COCCO. The molecule has 0 aliphatic rings. The van der Waals surface area contributed by atoms with Gasteiger partial charge in [-0.1, -0.05) is 0 Å². The maximum Gasteiger partial charge on any atom is 0.192 e. The van der Waals surface area contributed by atoms with Crippen molar-refractivity contribution >= 4 is 5.78 Å². The number of hydrogen-bond donors (Lipinski definition) is 5. The molecule has 8 nitrogen and oxygen atoms in total. The van der Waals surface area contributed by atoms with E-state index in [0.29, 0.717) is 0 Å². The molecule has 0 saturated heterocycles. The zero-order valence-electron chi connectivity index (χ0n) is 11.9. The number of aliphatic hydroxyl groups is 3. The fourth-order valence-electron chi connectivity index (χ4n) is 1.87. The number of aliphatic hydroxyl groups excluding tert-OH is 3. The zero-order chi connectivity index (χ0) is 16.5. The van der Waals surface area contributed by atoms with E-state index in [-0.39, 0.29) is 49.9 Å². The molecule has 5 N–H and O–H groups in total. The Morgan fingerprint density at radius 3 is 2.27 bits per heavy atom. The lowest BCUT2D eigenvalue weighted by Crippen LogP contribution is -2.17. The molecule has 0 spiro atoms. The van der Waals surface area contributed by atoms with Gasteiger partial charge in [-0.2, -0.15) is 0 Å². The monoisotopic (exact) mass is 316 g/mol. The second kappa shape index (κ2) is 9.34. The summed E-state index contributed by atoms with van der Waals surface area (Å²) < 4.78 is 9.85. The van der Waals surface area contributed by atoms with Crippen molar-refractivity contribution in [2.75, 3.05) is 39.6 Å². The van der Waals surface area contributed by atoms with Crippen LogP contribution < -0.4 is 0 Å². The van der Waals surface area contributed by atoms with Crippen LogP contribution in [0.3, 0.4) is 0 Å². The Balaban J connectivity index is 2.99. The Hall–Kier alpha value is -1.71. The molecule has 1 aromatic carbocycles. The molecule has 1 rings (SSSR count). The Labute approximate surface area is 127 Å². The first-order chi connectivity index (χ1) is 10.5. The third kappa shape index (κ3) is 4.93. The van der Waals surface area contributed by atoms with Crippen LogP contribution in [-0.4, -0.2) is 71.0 Å². The average molecular weight is 316 g/mol. The lowest BCUT2D eigenvalue weighted by atomic mass is 9.97. The smallest absolute Gasteiger partial charge is 0.192 e. The van der Waals surface area contributed by atoms with Gasteiger partial charge in [0, 0.05) is 5.56 Å². The molecule has 0 aliphatic heterocycles. The van der Waals surface area contributed by atoms with Crippen molar-refractivity contribution in [1.29, 1.82) is 0 Å².